The van der Waals surface area contributed by atoms with Crippen LogP contribution in [0.15, 0.2) is 30.3 Å². The summed E-state index contributed by atoms with van der Waals surface area (Å²) in [6.07, 6.45) is -3.67. The second kappa shape index (κ2) is 13.4. The van der Waals surface area contributed by atoms with E-state index in [0.717, 1.165) is 31.8 Å². The molecule has 1 aromatic rings. The SMILES string of the molecule is C[C@H](O)[C@@H](NC(=O)[C@@]12C[C@H]3OC(=O)[C@@H]1N(Cc1cccc(C=CC(=O)OCC(F)(F)F)c1)O[C@@H]2[C@H]1OC(C2CC2)(C2CC2)O[C@H]13)C(=O)NCCO. The Labute approximate surface area is 290 Å². The van der Waals surface area contributed by atoms with E-state index in [1.807, 2.05) is 0 Å². The van der Waals surface area contributed by atoms with Crippen LogP contribution in [-0.4, -0.2) is 113 Å². The monoisotopic (exact) mass is 723 g/mol. The molecule has 6 fully saturated rings. The van der Waals surface area contributed by atoms with Gasteiger partial charge in [-0.2, -0.15) is 18.2 Å². The van der Waals surface area contributed by atoms with Crippen molar-refractivity contribution < 1.29 is 66.3 Å². The molecule has 2 bridgehead atoms. The van der Waals surface area contributed by atoms with Crippen molar-refractivity contribution in [1.29, 1.82) is 0 Å². The number of benzene rings is 1. The highest BCUT2D eigenvalue weighted by Crippen LogP contribution is 2.63. The van der Waals surface area contributed by atoms with Crippen LogP contribution in [0.3, 0.4) is 0 Å². The van der Waals surface area contributed by atoms with Crippen LogP contribution in [0.4, 0.5) is 13.2 Å². The summed E-state index contributed by atoms with van der Waals surface area (Å²) >= 11 is 0. The van der Waals surface area contributed by atoms with Gasteiger partial charge >= 0.3 is 18.1 Å². The lowest BCUT2D eigenvalue weighted by Gasteiger charge is -2.49. The summed E-state index contributed by atoms with van der Waals surface area (Å²) in [4.78, 5) is 59.9. The number of hydrogen-bond donors (Lipinski definition) is 4. The number of hydrogen-bond acceptors (Lipinski definition) is 12. The third-order valence-corrected chi connectivity index (χ3v) is 10.4. The van der Waals surface area contributed by atoms with E-state index in [1.165, 1.54) is 18.1 Å². The number of nitrogens with zero attached hydrogens (tertiary/aromatic N) is 1. The fourth-order valence-corrected chi connectivity index (χ4v) is 7.98. The Morgan fingerprint density at radius 3 is 2.49 bits per heavy atom. The average Bonchev–Trinajstić information content (AvgIpc) is 4.03. The van der Waals surface area contributed by atoms with E-state index >= 15 is 0 Å². The van der Waals surface area contributed by atoms with Crippen molar-refractivity contribution in [3.05, 3.63) is 41.5 Å². The van der Waals surface area contributed by atoms with Gasteiger partial charge in [-0.25, -0.2) is 4.79 Å². The van der Waals surface area contributed by atoms with Crippen LogP contribution in [0, 0.1) is 17.3 Å². The van der Waals surface area contributed by atoms with Crippen LogP contribution >= 0.6 is 0 Å². The smallest absolute Gasteiger partial charge is 0.422 e. The lowest BCUT2D eigenvalue weighted by molar-refractivity contribution is -0.235. The molecule has 1 aromatic carbocycles. The van der Waals surface area contributed by atoms with Gasteiger partial charge in [-0.1, -0.05) is 24.3 Å². The van der Waals surface area contributed by atoms with E-state index in [0.29, 0.717) is 11.1 Å². The second-order valence-corrected chi connectivity index (χ2v) is 14.2. The summed E-state index contributed by atoms with van der Waals surface area (Å²) in [5.74, 6) is -3.97. The number of halogens is 3. The van der Waals surface area contributed by atoms with Gasteiger partial charge in [0.05, 0.1) is 19.3 Å². The molecule has 8 atom stereocenters. The predicted molar refractivity (Wildman–Crippen MR) is 165 cm³/mol. The largest absolute Gasteiger partial charge is 0.458 e. The molecule has 14 nitrogen and oxygen atoms in total. The van der Waals surface area contributed by atoms with Crippen molar-refractivity contribution in [2.24, 2.45) is 17.3 Å². The molecule has 7 rings (SSSR count). The van der Waals surface area contributed by atoms with Gasteiger partial charge in [0.2, 0.25) is 11.8 Å². The number of ether oxygens (including phenoxy) is 4. The third kappa shape index (κ3) is 6.75. The standard InChI is InChI=1S/C34H40F3N3O11/c1-17(42)24(29(44)38-11-12-41)39-31(46)32-14-22-25-26(50-34(49-25,20-6-7-20)21-8-9-21)28(32)51-40(27(32)30(45)48-22)15-19-4-2-3-18(13-19)5-10-23(43)47-16-33(35,36)37/h2-5,10,13,17,20-22,24-28,41-42H,6-9,11-12,14-16H2,1H3,(H,38,44)(H,39,46)/t17-,22+,24+,25-,26-,27-,28+,32-/m0/s1. The highest BCUT2D eigenvalue weighted by molar-refractivity contribution is 5.96. The summed E-state index contributed by atoms with van der Waals surface area (Å²) in [6, 6.07) is 3.83. The maximum atomic E-state index is 14.6. The molecule has 0 spiro atoms. The van der Waals surface area contributed by atoms with Crippen LogP contribution < -0.4 is 10.6 Å². The van der Waals surface area contributed by atoms with Crippen LogP contribution in [0.1, 0.15) is 50.2 Å². The van der Waals surface area contributed by atoms with Crippen molar-refractivity contribution >= 4 is 29.8 Å². The van der Waals surface area contributed by atoms with Gasteiger partial charge in [0.1, 0.15) is 35.9 Å². The lowest BCUT2D eigenvalue weighted by Crippen LogP contribution is -2.71. The number of aliphatic hydroxyl groups excluding tert-OH is 2. The van der Waals surface area contributed by atoms with E-state index < -0.39 is 90.3 Å². The number of alkyl halides is 3. The molecule has 6 aliphatic rings. The van der Waals surface area contributed by atoms with Crippen molar-refractivity contribution in [2.45, 2.75) is 100 Å². The number of hydroxylamine groups is 2. The van der Waals surface area contributed by atoms with Crippen molar-refractivity contribution in [3.8, 4) is 0 Å². The van der Waals surface area contributed by atoms with Gasteiger partial charge in [0.15, 0.2) is 18.4 Å². The summed E-state index contributed by atoms with van der Waals surface area (Å²) in [6.45, 7) is -0.927. The number of aliphatic hydroxyl groups is 2. The van der Waals surface area contributed by atoms with E-state index in [-0.39, 0.29) is 38.0 Å². The van der Waals surface area contributed by atoms with Gasteiger partial charge in [-0.05, 0) is 49.8 Å². The number of fused-ring (bicyclic) bond motifs is 4. The fraction of sp³-hybridized carbons (Fsp3) is 0.647. The molecule has 2 amide bonds. The van der Waals surface area contributed by atoms with Crippen LogP contribution in [0.25, 0.3) is 6.08 Å². The first-order chi connectivity index (χ1) is 24.3. The minimum Gasteiger partial charge on any atom is -0.458 e. The third-order valence-electron chi connectivity index (χ3n) is 10.4. The number of rotatable bonds is 13. The molecule has 4 N–H and O–H groups in total. The van der Waals surface area contributed by atoms with Crippen molar-refractivity contribution in [3.63, 3.8) is 0 Å². The molecular weight excluding hydrogens is 683 g/mol. The Morgan fingerprint density at radius 1 is 1.14 bits per heavy atom. The lowest BCUT2D eigenvalue weighted by atomic mass is 9.62. The zero-order valence-corrected chi connectivity index (χ0v) is 27.7. The van der Waals surface area contributed by atoms with Crippen LogP contribution in [0.5, 0.6) is 0 Å². The Balaban J connectivity index is 1.19. The number of amides is 2. The summed E-state index contributed by atoms with van der Waals surface area (Å²) in [5, 5.41) is 26.2. The molecule has 17 heteroatoms. The van der Waals surface area contributed by atoms with E-state index in [2.05, 4.69) is 15.4 Å². The Morgan fingerprint density at radius 2 is 1.84 bits per heavy atom. The minimum absolute atomic E-state index is 0.0139. The highest BCUT2D eigenvalue weighted by atomic mass is 19.4. The zero-order chi connectivity index (χ0) is 36.3. The van der Waals surface area contributed by atoms with E-state index in [9.17, 15) is 42.6 Å². The molecule has 0 aromatic heterocycles. The fourth-order valence-electron chi connectivity index (χ4n) is 7.98. The number of esters is 2. The van der Waals surface area contributed by atoms with E-state index in [1.54, 1.807) is 24.3 Å². The molecule has 3 saturated carbocycles. The topological polar surface area (TPSA) is 182 Å². The summed E-state index contributed by atoms with van der Waals surface area (Å²) in [7, 11) is 0. The molecule has 0 unspecified atom stereocenters. The first-order valence-electron chi connectivity index (χ1n) is 17.1. The van der Waals surface area contributed by atoms with Crippen molar-refractivity contribution in [1.82, 2.24) is 15.7 Å². The van der Waals surface area contributed by atoms with E-state index in [4.69, 9.17) is 19.0 Å². The molecule has 51 heavy (non-hydrogen) atoms. The molecule has 3 aliphatic carbocycles. The zero-order valence-electron chi connectivity index (χ0n) is 27.7. The highest BCUT2D eigenvalue weighted by Gasteiger charge is 2.78. The maximum absolute atomic E-state index is 14.6. The normalized spacial score (nSPS) is 32.2. The first kappa shape index (κ1) is 35.8. The summed E-state index contributed by atoms with van der Waals surface area (Å²) in [5.41, 5.74) is -0.648. The van der Waals surface area contributed by atoms with Gasteiger partial charge in [0.25, 0.3) is 0 Å². The molecule has 3 heterocycles. The average molecular weight is 724 g/mol. The Kier molecular flexibility index (Phi) is 9.41. The molecular formula is C34H40F3N3O11. The molecule has 278 valence electrons. The predicted octanol–water partition coefficient (Wildman–Crippen LogP) is 0.880. The van der Waals surface area contributed by atoms with Crippen LogP contribution in [0.2, 0.25) is 0 Å². The molecule has 3 aliphatic heterocycles. The Hall–Kier alpha value is -3.61. The minimum atomic E-state index is -4.67. The first-order valence-corrected chi connectivity index (χ1v) is 17.1. The number of carbonyl (C=O) groups excluding carboxylic acids is 4. The van der Waals surface area contributed by atoms with Gasteiger partial charge in [0, 0.05) is 30.9 Å². The maximum Gasteiger partial charge on any atom is 0.422 e. The van der Waals surface area contributed by atoms with Gasteiger partial charge in [-0.3, -0.25) is 19.2 Å². The molecule has 0 radical (unpaired) electrons. The summed E-state index contributed by atoms with van der Waals surface area (Å²) < 4.78 is 61.0. The molecule has 3 saturated heterocycles. The number of carbonyl (C=O) groups is 4. The quantitative estimate of drug-likeness (QED) is 0.167. The van der Waals surface area contributed by atoms with Gasteiger partial charge < -0.3 is 39.8 Å². The van der Waals surface area contributed by atoms with Crippen molar-refractivity contribution in [2.75, 3.05) is 19.8 Å². The van der Waals surface area contributed by atoms with Crippen LogP contribution in [-0.2, 0) is 49.5 Å². The second-order valence-electron chi connectivity index (χ2n) is 14.2. The number of nitrogens with one attached hydrogen (secondary N) is 2. The van der Waals surface area contributed by atoms with Gasteiger partial charge in [-0.15, -0.1) is 0 Å². The Bertz CT molecular complexity index is 1570.